The third-order valence-electron chi connectivity index (χ3n) is 5.52. The number of para-hydroxylation sites is 1. The molecule has 3 aromatic carbocycles. The molecule has 5 nitrogen and oxygen atoms in total. The molecule has 0 atom stereocenters. The lowest BCUT2D eigenvalue weighted by molar-refractivity contribution is 0.101. The molecule has 0 spiro atoms. The first kappa shape index (κ1) is 23.5. The Balaban J connectivity index is 1.54. The number of ether oxygens (including phenoxy) is 2. The van der Waals surface area contributed by atoms with Crippen molar-refractivity contribution in [1.82, 2.24) is 4.57 Å². The van der Waals surface area contributed by atoms with Crippen molar-refractivity contribution in [2.75, 3.05) is 13.2 Å². The van der Waals surface area contributed by atoms with Gasteiger partial charge in [-0.2, -0.15) is 0 Å². The van der Waals surface area contributed by atoms with Gasteiger partial charge in [0, 0.05) is 30.0 Å². The number of carbonyl (C=O) groups is 1. The minimum atomic E-state index is -0.357. The van der Waals surface area contributed by atoms with Crippen LogP contribution in [0.5, 0.6) is 11.5 Å². The van der Waals surface area contributed by atoms with E-state index in [4.69, 9.17) is 21.1 Å². The highest BCUT2D eigenvalue weighted by molar-refractivity contribution is 6.32. The maximum Gasteiger partial charge on any atom is 0.231 e. The van der Waals surface area contributed by atoms with Gasteiger partial charge in [0.25, 0.3) is 0 Å². The van der Waals surface area contributed by atoms with Crippen LogP contribution in [0.1, 0.15) is 23.7 Å². The molecule has 0 saturated heterocycles. The third kappa shape index (κ3) is 4.82. The summed E-state index contributed by atoms with van der Waals surface area (Å²) in [5, 5.41) is 0.898. The van der Waals surface area contributed by atoms with Crippen molar-refractivity contribution in [3.8, 4) is 22.8 Å². The van der Waals surface area contributed by atoms with Crippen LogP contribution in [-0.2, 0) is 7.05 Å². The molecule has 0 saturated carbocycles. The smallest absolute Gasteiger partial charge is 0.231 e. The van der Waals surface area contributed by atoms with Gasteiger partial charge in [-0.05, 0) is 61.5 Å². The van der Waals surface area contributed by atoms with Crippen molar-refractivity contribution in [2.45, 2.75) is 13.3 Å². The lowest BCUT2D eigenvalue weighted by atomic mass is 10.1. The second-order valence-electron chi connectivity index (χ2n) is 7.84. The first-order chi connectivity index (χ1) is 16.4. The zero-order chi connectivity index (χ0) is 24.2. The first-order valence-electron chi connectivity index (χ1n) is 10.8. The number of fused-ring (bicyclic) bond motifs is 1. The molecular formula is C27H23ClFNO4. The average molecular weight is 480 g/mol. The molecule has 0 unspecified atom stereocenters. The average Bonchev–Trinajstić information content (AvgIpc) is 2.83. The summed E-state index contributed by atoms with van der Waals surface area (Å²) < 4.78 is 27.1. The van der Waals surface area contributed by atoms with E-state index in [-0.39, 0.29) is 29.4 Å². The first-order valence-corrected chi connectivity index (χ1v) is 11.2. The summed E-state index contributed by atoms with van der Waals surface area (Å²) in [7, 11) is 1.85. The number of aromatic nitrogens is 1. The minimum absolute atomic E-state index is 0.0734. The topological polar surface area (TPSA) is 57.5 Å². The van der Waals surface area contributed by atoms with E-state index in [2.05, 4.69) is 0 Å². The predicted molar refractivity (Wildman–Crippen MR) is 132 cm³/mol. The zero-order valence-corrected chi connectivity index (χ0v) is 19.6. The molecule has 0 amide bonds. The Morgan fingerprint density at radius 1 is 1.00 bits per heavy atom. The molecule has 1 heterocycles. The number of pyridine rings is 1. The fraction of sp³-hybridized carbons (Fsp3) is 0.185. The Bertz CT molecular complexity index is 1410. The Labute approximate surface area is 201 Å². The molecule has 4 rings (SSSR count). The van der Waals surface area contributed by atoms with Gasteiger partial charge < -0.3 is 14.0 Å². The van der Waals surface area contributed by atoms with Crippen molar-refractivity contribution in [3.05, 3.63) is 93.4 Å². The van der Waals surface area contributed by atoms with Crippen molar-refractivity contribution >= 4 is 28.3 Å². The molecular weight excluding hydrogens is 457 g/mol. The number of aryl methyl sites for hydroxylation is 1. The number of ketones is 1. The lowest BCUT2D eigenvalue weighted by Gasteiger charge is -2.18. The van der Waals surface area contributed by atoms with Crippen molar-refractivity contribution in [3.63, 3.8) is 0 Å². The van der Waals surface area contributed by atoms with Crippen LogP contribution in [0.3, 0.4) is 0 Å². The van der Waals surface area contributed by atoms with E-state index >= 15 is 0 Å². The maximum absolute atomic E-state index is 13.5. The highest BCUT2D eigenvalue weighted by Gasteiger charge is 2.18. The maximum atomic E-state index is 13.5. The van der Waals surface area contributed by atoms with E-state index < -0.39 is 0 Å². The highest BCUT2D eigenvalue weighted by Crippen LogP contribution is 2.31. The van der Waals surface area contributed by atoms with Crippen LogP contribution in [0.4, 0.5) is 4.39 Å². The summed E-state index contributed by atoms with van der Waals surface area (Å²) in [6.45, 7) is 2.00. The number of benzene rings is 3. The molecule has 0 radical (unpaired) electrons. The molecule has 34 heavy (non-hydrogen) atoms. The molecule has 4 aromatic rings. The van der Waals surface area contributed by atoms with Crippen molar-refractivity contribution < 1.29 is 18.7 Å². The fourth-order valence-electron chi connectivity index (χ4n) is 3.78. The van der Waals surface area contributed by atoms with Gasteiger partial charge in [-0.25, -0.2) is 4.39 Å². The van der Waals surface area contributed by atoms with Crippen LogP contribution in [0.2, 0.25) is 5.02 Å². The number of Topliss-reactive ketones (excluding diaryl/α,β-unsaturated/α-hetero) is 1. The van der Waals surface area contributed by atoms with Crippen LogP contribution in [0.15, 0.2) is 71.5 Å². The lowest BCUT2D eigenvalue weighted by Crippen LogP contribution is -2.17. The Hall–Kier alpha value is -3.64. The molecule has 1 aromatic heterocycles. The van der Waals surface area contributed by atoms with Gasteiger partial charge in [0.1, 0.15) is 11.6 Å². The minimum Gasteiger partial charge on any atom is -0.492 e. The highest BCUT2D eigenvalue weighted by atomic mass is 35.5. The largest absolute Gasteiger partial charge is 0.492 e. The van der Waals surface area contributed by atoms with Crippen molar-refractivity contribution in [1.29, 1.82) is 0 Å². The monoisotopic (exact) mass is 479 g/mol. The summed E-state index contributed by atoms with van der Waals surface area (Å²) in [6.07, 6.45) is 0.490. The van der Waals surface area contributed by atoms with Gasteiger partial charge in [-0.3, -0.25) is 9.59 Å². The number of rotatable bonds is 8. The number of hydrogen-bond donors (Lipinski definition) is 0. The van der Waals surface area contributed by atoms with Crippen LogP contribution < -0.4 is 14.9 Å². The Morgan fingerprint density at radius 2 is 1.71 bits per heavy atom. The summed E-state index contributed by atoms with van der Waals surface area (Å²) in [5.41, 5.74) is 2.30. The van der Waals surface area contributed by atoms with Crippen LogP contribution in [0, 0.1) is 5.82 Å². The third-order valence-corrected chi connectivity index (χ3v) is 5.81. The summed E-state index contributed by atoms with van der Waals surface area (Å²) >= 11 is 6.20. The number of nitrogens with zero attached hydrogens (tertiary/aromatic N) is 1. The Morgan fingerprint density at radius 3 is 2.41 bits per heavy atom. The Kier molecular flexibility index (Phi) is 6.98. The number of hydrogen-bond acceptors (Lipinski definition) is 4. The SMILES string of the molecule is CC(=O)c1ccc(OCCCOc2c(-c3ccc(F)cc3)n(C)c3ccccc3c2=O)c(Cl)c1. The molecule has 174 valence electrons. The molecule has 0 aliphatic rings. The van der Waals surface area contributed by atoms with Gasteiger partial charge >= 0.3 is 0 Å². The zero-order valence-electron chi connectivity index (χ0n) is 18.8. The quantitative estimate of drug-likeness (QED) is 0.228. The number of carbonyl (C=O) groups excluding carboxylic acids is 1. The van der Waals surface area contributed by atoms with E-state index in [1.54, 1.807) is 42.5 Å². The predicted octanol–water partition coefficient (Wildman–Crippen LogP) is 6.05. The molecule has 0 N–H and O–H groups in total. The van der Waals surface area contributed by atoms with Gasteiger partial charge in [0.15, 0.2) is 11.5 Å². The molecule has 0 fully saturated rings. The van der Waals surface area contributed by atoms with E-state index in [1.165, 1.54) is 19.1 Å². The second kappa shape index (κ2) is 10.1. The standard InChI is InChI=1S/C27H23ClFNO4/c1-17(31)19-10-13-24(22(28)16-19)33-14-5-15-34-27-25(18-8-11-20(29)12-9-18)30(2)23-7-4-3-6-21(23)26(27)32/h3-4,6-13,16H,5,14-15H2,1-2H3. The van der Waals surface area contributed by atoms with Gasteiger partial charge in [-0.15, -0.1) is 0 Å². The van der Waals surface area contributed by atoms with E-state index in [0.29, 0.717) is 46.0 Å². The fourth-order valence-corrected chi connectivity index (χ4v) is 4.01. The van der Waals surface area contributed by atoms with E-state index in [0.717, 1.165) is 5.52 Å². The summed E-state index contributed by atoms with van der Waals surface area (Å²) in [5.74, 6) is 0.247. The molecule has 7 heteroatoms. The van der Waals surface area contributed by atoms with Gasteiger partial charge in [-0.1, -0.05) is 23.7 Å². The number of halogens is 2. The summed E-state index contributed by atoms with van der Waals surface area (Å²) in [4.78, 5) is 24.7. The van der Waals surface area contributed by atoms with Crippen LogP contribution >= 0.6 is 11.6 Å². The van der Waals surface area contributed by atoms with Crippen LogP contribution in [0.25, 0.3) is 22.2 Å². The van der Waals surface area contributed by atoms with Gasteiger partial charge in [0.2, 0.25) is 5.43 Å². The summed E-state index contributed by atoms with van der Waals surface area (Å²) in [6, 6.07) is 18.1. The molecule has 0 aliphatic heterocycles. The second-order valence-corrected chi connectivity index (χ2v) is 8.25. The van der Waals surface area contributed by atoms with Gasteiger partial charge in [0.05, 0.1) is 29.4 Å². The molecule has 0 bridgehead atoms. The van der Waals surface area contributed by atoms with E-state index in [9.17, 15) is 14.0 Å². The normalized spacial score (nSPS) is 10.9. The van der Waals surface area contributed by atoms with Crippen molar-refractivity contribution in [2.24, 2.45) is 7.05 Å². The van der Waals surface area contributed by atoms with Crippen LogP contribution in [-0.4, -0.2) is 23.6 Å². The van der Waals surface area contributed by atoms with E-state index in [1.807, 2.05) is 23.7 Å². The molecule has 0 aliphatic carbocycles.